The lowest BCUT2D eigenvalue weighted by molar-refractivity contribution is 0.0697. The summed E-state index contributed by atoms with van der Waals surface area (Å²) >= 11 is 0. The Morgan fingerprint density at radius 1 is 1.03 bits per heavy atom. The molecule has 0 atom stereocenters. The van der Waals surface area contributed by atoms with Crippen molar-refractivity contribution in [3.63, 3.8) is 0 Å². The molecule has 0 bridgehead atoms. The van der Waals surface area contributed by atoms with Crippen LogP contribution < -0.4 is 10.6 Å². The summed E-state index contributed by atoms with van der Waals surface area (Å²) in [6.07, 6.45) is 0. The molecule has 6 heteroatoms. The summed E-state index contributed by atoms with van der Waals surface area (Å²) in [4.78, 5) is 13.3. The summed E-state index contributed by atoms with van der Waals surface area (Å²) in [5.41, 5.74) is 10.9. The second-order valence-electron chi connectivity index (χ2n) is 7.18. The van der Waals surface area contributed by atoms with Crippen LogP contribution in [0.25, 0.3) is 11.1 Å². The predicted octanol–water partition coefficient (Wildman–Crippen LogP) is 4.34. The number of hydrogen-bond acceptors (Lipinski definition) is 5. The molecule has 0 spiro atoms. The lowest BCUT2D eigenvalue weighted by Gasteiger charge is -2.28. The zero-order valence-corrected chi connectivity index (χ0v) is 17.4. The number of anilines is 2. The van der Waals surface area contributed by atoms with E-state index in [-0.39, 0.29) is 5.56 Å². The number of ether oxygens (including phenoxy) is 1. The molecule has 1 fully saturated rings. The minimum Gasteiger partial charge on any atom is -0.478 e. The number of nitriles is 1. The average Bonchev–Trinajstić information content (AvgIpc) is 2.81. The molecular formula is C25H25N3O3. The van der Waals surface area contributed by atoms with Gasteiger partial charge in [-0.2, -0.15) is 5.26 Å². The van der Waals surface area contributed by atoms with Crippen molar-refractivity contribution in [3.8, 4) is 17.2 Å². The molecule has 1 heterocycles. The topological polar surface area (TPSA) is 99.6 Å². The number of aromatic carboxylic acids is 1. The van der Waals surface area contributed by atoms with Gasteiger partial charge in [-0.1, -0.05) is 24.3 Å². The molecule has 0 amide bonds. The second kappa shape index (κ2) is 10.3. The van der Waals surface area contributed by atoms with Crippen LogP contribution in [0.3, 0.4) is 0 Å². The van der Waals surface area contributed by atoms with Gasteiger partial charge in [-0.15, -0.1) is 0 Å². The van der Waals surface area contributed by atoms with E-state index in [2.05, 4.69) is 23.1 Å². The third-order valence-corrected chi connectivity index (χ3v) is 5.09. The Morgan fingerprint density at radius 3 is 2.35 bits per heavy atom. The van der Waals surface area contributed by atoms with E-state index in [0.29, 0.717) is 5.56 Å². The Bertz CT molecular complexity index is 1080. The van der Waals surface area contributed by atoms with Gasteiger partial charge in [0, 0.05) is 24.5 Å². The van der Waals surface area contributed by atoms with Crippen molar-refractivity contribution in [1.29, 1.82) is 5.26 Å². The monoisotopic (exact) mass is 415 g/mol. The predicted molar refractivity (Wildman–Crippen MR) is 122 cm³/mol. The molecule has 0 unspecified atom stereocenters. The molecule has 1 aliphatic rings. The molecule has 1 saturated heterocycles. The summed E-state index contributed by atoms with van der Waals surface area (Å²) in [5.74, 6) is -0.967. The van der Waals surface area contributed by atoms with Crippen LogP contribution in [0.4, 0.5) is 11.4 Å². The number of nitrogens with two attached hydrogens (primary N) is 1. The van der Waals surface area contributed by atoms with E-state index in [4.69, 9.17) is 20.8 Å². The molecular weight excluding hydrogens is 390 g/mol. The SMILES string of the molecule is Cc1ccc(C(=O)O)cc1-c1ccccc1C#N.Nc1ccc(N2CCOCC2)cc1. The number of nitrogens with zero attached hydrogens (tertiary/aromatic N) is 2. The molecule has 31 heavy (non-hydrogen) atoms. The summed E-state index contributed by atoms with van der Waals surface area (Å²) in [7, 11) is 0. The van der Waals surface area contributed by atoms with E-state index in [0.717, 1.165) is 48.7 Å². The normalized spacial score (nSPS) is 13.0. The first-order valence-corrected chi connectivity index (χ1v) is 10.0. The van der Waals surface area contributed by atoms with Gasteiger partial charge in [0.2, 0.25) is 0 Å². The van der Waals surface area contributed by atoms with Gasteiger partial charge < -0.3 is 20.5 Å². The minimum absolute atomic E-state index is 0.225. The summed E-state index contributed by atoms with van der Waals surface area (Å²) in [6.45, 7) is 5.50. The first-order chi connectivity index (χ1) is 15.0. The number of aryl methyl sites for hydroxylation is 1. The van der Waals surface area contributed by atoms with Crippen LogP contribution in [-0.2, 0) is 4.74 Å². The Labute approximate surface area is 182 Å². The van der Waals surface area contributed by atoms with Crippen LogP contribution in [0.15, 0.2) is 66.7 Å². The molecule has 3 N–H and O–H groups in total. The fourth-order valence-electron chi connectivity index (χ4n) is 3.37. The van der Waals surface area contributed by atoms with E-state index in [1.165, 1.54) is 5.69 Å². The highest BCUT2D eigenvalue weighted by atomic mass is 16.5. The zero-order chi connectivity index (χ0) is 22.2. The van der Waals surface area contributed by atoms with Gasteiger partial charge in [0.1, 0.15) is 0 Å². The molecule has 1 aliphatic heterocycles. The molecule has 0 saturated carbocycles. The van der Waals surface area contributed by atoms with Crippen LogP contribution in [0.5, 0.6) is 0 Å². The van der Waals surface area contributed by atoms with Crippen LogP contribution in [0, 0.1) is 18.3 Å². The van der Waals surface area contributed by atoms with Crippen molar-refractivity contribution in [3.05, 3.63) is 83.4 Å². The first-order valence-electron chi connectivity index (χ1n) is 10.0. The Morgan fingerprint density at radius 2 is 1.71 bits per heavy atom. The van der Waals surface area contributed by atoms with E-state index in [9.17, 15) is 4.79 Å². The van der Waals surface area contributed by atoms with Crippen molar-refractivity contribution in [2.24, 2.45) is 0 Å². The quantitative estimate of drug-likeness (QED) is 0.618. The summed E-state index contributed by atoms with van der Waals surface area (Å²) in [6, 6.07) is 22.2. The van der Waals surface area contributed by atoms with Gasteiger partial charge in [-0.3, -0.25) is 0 Å². The Kier molecular flexibility index (Phi) is 7.26. The second-order valence-corrected chi connectivity index (χ2v) is 7.18. The maximum atomic E-state index is 11.0. The number of morpholine rings is 1. The number of rotatable bonds is 3. The van der Waals surface area contributed by atoms with Crippen molar-refractivity contribution in [2.75, 3.05) is 36.9 Å². The lowest BCUT2D eigenvalue weighted by Crippen LogP contribution is -2.36. The highest BCUT2D eigenvalue weighted by Gasteiger charge is 2.11. The molecule has 4 rings (SSSR count). The van der Waals surface area contributed by atoms with E-state index in [1.807, 2.05) is 31.2 Å². The van der Waals surface area contributed by atoms with Gasteiger partial charge >= 0.3 is 5.97 Å². The first kappa shape index (κ1) is 21.9. The van der Waals surface area contributed by atoms with E-state index in [1.54, 1.807) is 30.3 Å². The number of hydrogen-bond donors (Lipinski definition) is 2. The molecule has 0 aromatic heterocycles. The van der Waals surface area contributed by atoms with Gasteiger partial charge in [-0.05, 0) is 66.1 Å². The molecule has 158 valence electrons. The fraction of sp³-hybridized carbons (Fsp3) is 0.200. The number of nitrogen functional groups attached to an aromatic ring is 1. The summed E-state index contributed by atoms with van der Waals surface area (Å²) < 4.78 is 5.28. The molecule has 3 aromatic carbocycles. The van der Waals surface area contributed by atoms with Crippen LogP contribution in [0.1, 0.15) is 21.5 Å². The van der Waals surface area contributed by atoms with Crippen molar-refractivity contribution >= 4 is 17.3 Å². The van der Waals surface area contributed by atoms with Gasteiger partial charge in [0.25, 0.3) is 0 Å². The largest absolute Gasteiger partial charge is 0.478 e. The van der Waals surface area contributed by atoms with Crippen molar-refractivity contribution in [1.82, 2.24) is 0 Å². The van der Waals surface area contributed by atoms with Gasteiger partial charge in [0.15, 0.2) is 0 Å². The van der Waals surface area contributed by atoms with Gasteiger partial charge in [0.05, 0.1) is 30.4 Å². The van der Waals surface area contributed by atoms with Crippen molar-refractivity contribution in [2.45, 2.75) is 6.92 Å². The third kappa shape index (κ3) is 5.62. The maximum Gasteiger partial charge on any atom is 0.335 e. The Balaban J connectivity index is 0.000000185. The number of carboxylic acids is 1. The molecule has 0 radical (unpaired) electrons. The smallest absolute Gasteiger partial charge is 0.335 e. The minimum atomic E-state index is -0.967. The number of carbonyl (C=O) groups is 1. The summed E-state index contributed by atoms with van der Waals surface area (Å²) in [5, 5.41) is 18.1. The van der Waals surface area contributed by atoms with Gasteiger partial charge in [-0.25, -0.2) is 4.79 Å². The van der Waals surface area contributed by atoms with E-state index >= 15 is 0 Å². The molecule has 6 nitrogen and oxygen atoms in total. The van der Waals surface area contributed by atoms with Crippen molar-refractivity contribution < 1.29 is 14.6 Å². The maximum absolute atomic E-state index is 11.0. The standard InChI is InChI=1S/C15H11NO2.C10H14N2O/c1-10-6-7-11(15(17)18)8-14(10)13-5-3-2-4-12(13)9-16;11-9-1-3-10(4-2-9)12-5-7-13-8-6-12/h2-8H,1H3,(H,17,18);1-4H,5-8,11H2. The number of benzene rings is 3. The van der Waals surface area contributed by atoms with Crippen LogP contribution in [0.2, 0.25) is 0 Å². The van der Waals surface area contributed by atoms with Crippen LogP contribution in [-0.4, -0.2) is 37.4 Å². The van der Waals surface area contributed by atoms with Crippen LogP contribution >= 0.6 is 0 Å². The highest BCUT2D eigenvalue weighted by Crippen LogP contribution is 2.27. The fourth-order valence-corrected chi connectivity index (χ4v) is 3.37. The third-order valence-electron chi connectivity index (χ3n) is 5.09. The molecule has 0 aliphatic carbocycles. The van der Waals surface area contributed by atoms with E-state index < -0.39 is 5.97 Å². The zero-order valence-electron chi connectivity index (χ0n) is 17.4. The molecule has 3 aromatic rings. The highest BCUT2D eigenvalue weighted by molar-refractivity contribution is 5.90. The Hall–Kier alpha value is -3.82. The number of carboxylic acid groups (broad SMARTS) is 1. The average molecular weight is 415 g/mol. The lowest BCUT2D eigenvalue weighted by atomic mass is 9.95.